The van der Waals surface area contributed by atoms with E-state index in [4.69, 9.17) is 4.74 Å². The molecule has 0 aliphatic carbocycles. The number of rotatable bonds is 6. The van der Waals surface area contributed by atoms with Crippen LogP contribution in [0, 0.1) is 0 Å². The van der Waals surface area contributed by atoms with Crippen molar-refractivity contribution in [3.63, 3.8) is 0 Å². The number of benzene rings is 2. The van der Waals surface area contributed by atoms with Gasteiger partial charge in [0.2, 0.25) is 5.91 Å². The number of carbonyl (C=O) groups is 2. The van der Waals surface area contributed by atoms with Crippen LogP contribution in [0.15, 0.2) is 54.6 Å². The summed E-state index contributed by atoms with van der Waals surface area (Å²) < 4.78 is 5.11. The van der Waals surface area contributed by atoms with Crippen LogP contribution in [0.5, 0.6) is 5.75 Å². The highest BCUT2D eigenvalue weighted by Crippen LogP contribution is 2.19. The Morgan fingerprint density at radius 2 is 1.71 bits per heavy atom. The highest BCUT2D eigenvalue weighted by atomic mass is 16.5. The molecular formula is C18H21N3O3. The summed E-state index contributed by atoms with van der Waals surface area (Å²) in [4.78, 5) is 25.3. The number of nitrogens with one attached hydrogen (secondary N) is 2. The summed E-state index contributed by atoms with van der Waals surface area (Å²) in [6.45, 7) is 2.21. The van der Waals surface area contributed by atoms with E-state index in [1.165, 1.54) is 6.92 Å². The highest BCUT2D eigenvalue weighted by Gasteiger charge is 2.12. The van der Waals surface area contributed by atoms with Crippen LogP contribution < -0.4 is 20.3 Å². The third-order valence-corrected chi connectivity index (χ3v) is 3.42. The predicted octanol–water partition coefficient (Wildman–Crippen LogP) is 2.87. The number of hydrogen-bond acceptors (Lipinski definition) is 3. The molecule has 2 aromatic carbocycles. The maximum absolute atomic E-state index is 11.8. The summed E-state index contributed by atoms with van der Waals surface area (Å²) in [6, 6.07) is 16.1. The van der Waals surface area contributed by atoms with Crippen molar-refractivity contribution in [3.8, 4) is 5.75 Å². The summed E-state index contributed by atoms with van der Waals surface area (Å²) in [5.74, 6) is 0.632. The third kappa shape index (κ3) is 5.01. The average molecular weight is 327 g/mol. The molecule has 0 fully saturated rings. The number of carbonyl (C=O) groups excluding carboxylic acids is 2. The van der Waals surface area contributed by atoms with E-state index in [-0.39, 0.29) is 11.9 Å². The van der Waals surface area contributed by atoms with E-state index in [1.807, 2.05) is 30.3 Å². The molecule has 0 saturated carbocycles. The first-order valence-corrected chi connectivity index (χ1v) is 7.62. The second-order valence-corrected chi connectivity index (χ2v) is 5.12. The van der Waals surface area contributed by atoms with Gasteiger partial charge >= 0.3 is 6.03 Å². The number of para-hydroxylation sites is 1. The molecule has 0 saturated heterocycles. The molecule has 0 radical (unpaired) electrons. The lowest BCUT2D eigenvalue weighted by Crippen LogP contribution is -2.39. The molecule has 2 rings (SSSR count). The fraction of sp³-hybridized carbons (Fsp3) is 0.222. The Balaban J connectivity index is 1.87. The minimum Gasteiger partial charge on any atom is -0.497 e. The predicted molar refractivity (Wildman–Crippen MR) is 94.5 cm³/mol. The van der Waals surface area contributed by atoms with Gasteiger partial charge in [0.25, 0.3) is 0 Å². The zero-order chi connectivity index (χ0) is 17.4. The van der Waals surface area contributed by atoms with Crippen molar-refractivity contribution in [1.29, 1.82) is 0 Å². The van der Waals surface area contributed by atoms with Gasteiger partial charge in [-0.2, -0.15) is 0 Å². The van der Waals surface area contributed by atoms with Crippen LogP contribution in [0.25, 0.3) is 0 Å². The van der Waals surface area contributed by atoms with Gasteiger partial charge in [0.05, 0.1) is 7.11 Å². The van der Waals surface area contributed by atoms with Crippen LogP contribution in [-0.2, 0) is 4.79 Å². The van der Waals surface area contributed by atoms with Gasteiger partial charge in [0.1, 0.15) is 5.75 Å². The Hall–Kier alpha value is -3.02. The van der Waals surface area contributed by atoms with Crippen LogP contribution in [0.4, 0.5) is 16.2 Å². The van der Waals surface area contributed by atoms with Crippen molar-refractivity contribution in [2.24, 2.45) is 0 Å². The number of ether oxygens (including phenoxy) is 1. The van der Waals surface area contributed by atoms with Crippen LogP contribution in [0.3, 0.4) is 0 Å². The van der Waals surface area contributed by atoms with Crippen molar-refractivity contribution in [3.05, 3.63) is 54.6 Å². The van der Waals surface area contributed by atoms with Crippen molar-refractivity contribution >= 4 is 23.3 Å². The smallest absolute Gasteiger partial charge is 0.319 e. The molecule has 0 unspecified atom stereocenters. The minimum absolute atomic E-state index is 0.0922. The zero-order valence-electron chi connectivity index (χ0n) is 13.8. The lowest BCUT2D eigenvalue weighted by molar-refractivity contribution is -0.116. The maximum atomic E-state index is 11.8. The monoisotopic (exact) mass is 327 g/mol. The fourth-order valence-corrected chi connectivity index (χ4v) is 2.21. The number of amides is 3. The third-order valence-electron chi connectivity index (χ3n) is 3.42. The van der Waals surface area contributed by atoms with E-state index in [0.29, 0.717) is 18.8 Å². The normalized spacial score (nSPS) is 9.92. The van der Waals surface area contributed by atoms with Gasteiger partial charge in [0, 0.05) is 31.4 Å². The summed E-state index contributed by atoms with van der Waals surface area (Å²) in [7, 11) is 1.59. The van der Waals surface area contributed by atoms with Crippen LogP contribution in [0.1, 0.15) is 6.92 Å². The van der Waals surface area contributed by atoms with Crippen LogP contribution in [-0.4, -0.2) is 32.1 Å². The first-order chi connectivity index (χ1) is 11.6. The highest BCUT2D eigenvalue weighted by molar-refractivity contribution is 5.92. The molecule has 0 heterocycles. The summed E-state index contributed by atoms with van der Waals surface area (Å²) in [6.07, 6.45) is 0. The molecule has 24 heavy (non-hydrogen) atoms. The zero-order valence-corrected chi connectivity index (χ0v) is 13.8. The van der Waals surface area contributed by atoms with E-state index in [1.54, 1.807) is 36.3 Å². The number of methoxy groups -OCH3 is 1. The molecule has 0 aliphatic rings. The average Bonchev–Trinajstić information content (AvgIpc) is 2.59. The van der Waals surface area contributed by atoms with E-state index in [0.717, 1.165) is 11.4 Å². The number of anilines is 2. The fourth-order valence-electron chi connectivity index (χ4n) is 2.21. The van der Waals surface area contributed by atoms with Crippen molar-refractivity contribution in [2.45, 2.75) is 6.92 Å². The number of urea groups is 1. The van der Waals surface area contributed by atoms with Gasteiger partial charge in [-0.05, 0) is 36.4 Å². The SMILES string of the molecule is COc1ccc(N(CCNC(=O)Nc2ccccc2)C(C)=O)cc1. The molecule has 3 amide bonds. The van der Waals surface area contributed by atoms with E-state index < -0.39 is 0 Å². The first kappa shape index (κ1) is 17.3. The van der Waals surface area contributed by atoms with Crippen molar-refractivity contribution in [2.75, 3.05) is 30.4 Å². The van der Waals surface area contributed by atoms with Crippen LogP contribution >= 0.6 is 0 Å². The van der Waals surface area contributed by atoms with Crippen LogP contribution in [0.2, 0.25) is 0 Å². The summed E-state index contributed by atoms with van der Waals surface area (Å²) in [5, 5.41) is 5.47. The quantitative estimate of drug-likeness (QED) is 0.857. The van der Waals surface area contributed by atoms with Gasteiger partial charge in [-0.1, -0.05) is 18.2 Å². The van der Waals surface area contributed by atoms with Gasteiger partial charge in [0.15, 0.2) is 0 Å². The van der Waals surface area contributed by atoms with E-state index >= 15 is 0 Å². The van der Waals surface area contributed by atoms with Crippen molar-refractivity contribution in [1.82, 2.24) is 5.32 Å². The molecular weight excluding hydrogens is 306 g/mol. The van der Waals surface area contributed by atoms with Gasteiger partial charge < -0.3 is 20.3 Å². The van der Waals surface area contributed by atoms with Gasteiger partial charge in [-0.25, -0.2) is 4.79 Å². The molecule has 126 valence electrons. The Morgan fingerprint density at radius 3 is 2.29 bits per heavy atom. The molecule has 2 N–H and O–H groups in total. The molecule has 0 aromatic heterocycles. The summed E-state index contributed by atoms with van der Waals surface area (Å²) in [5.41, 5.74) is 1.47. The largest absolute Gasteiger partial charge is 0.497 e. The maximum Gasteiger partial charge on any atom is 0.319 e. The molecule has 2 aromatic rings. The van der Waals surface area contributed by atoms with Gasteiger partial charge in [-0.3, -0.25) is 4.79 Å². The lowest BCUT2D eigenvalue weighted by Gasteiger charge is -2.21. The second-order valence-electron chi connectivity index (χ2n) is 5.12. The number of nitrogens with zero attached hydrogens (tertiary/aromatic N) is 1. The Kier molecular flexibility index (Phi) is 6.19. The molecule has 0 spiro atoms. The van der Waals surface area contributed by atoms with Gasteiger partial charge in [-0.15, -0.1) is 0 Å². The Bertz CT molecular complexity index is 672. The minimum atomic E-state index is -0.306. The first-order valence-electron chi connectivity index (χ1n) is 7.62. The Morgan fingerprint density at radius 1 is 1.04 bits per heavy atom. The molecule has 6 nitrogen and oxygen atoms in total. The van der Waals surface area contributed by atoms with E-state index in [9.17, 15) is 9.59 Å². The molecule has 0 aliphatic heterocycles. The topological polar surface area (TPSA) is 70.7 Å². The standard InChI is InChI=1S/C18H21N3O3/c1-14(22)21(16-8-10-17(24-2)11-9-16)13-12-19-18(23)20-15-6-4-3-5-7-15/h3-11H,12-13H2,1-2H3,(H2,19,20,23). The molecule has 0 atom stereocenters. The molecule has 6 heteroatoms. The summed E-state index contributed by atoms with van der Waals surface area (Å²) >= 11 is 0. The number of hydrogen-bond donors (Lipinski definition) is 2. The second kappa shape index (κ2) is 8.57. The van der Waals surface area contributed by atoms with E-state index in [2.05, 4.69) is 10.6 Å². The Labute approximate surface area is 141 Å². The lowest BCUT2D eigenvalue weighted by atomic mass is 10.2. The molecule has 0 bridgehead atoms. The van der Waals surface area contributed by atoms with Crippen molar-refractivity contribution < 1.29 is 14.3 Å².